The van der Waals surface area contributed by atoms with Crippen LogP contribution in [0.15, 0.2) is 30.5 Å². The molecule has 1 fully saturated rings. The molecule has 2 aliphatic rings. The van der Waals surface area contributed by atoms with E-state index in [9.17, 15) is 9.18 Å². The fraction of sp³-hybridized carbons (Fsp3) is 0.421. The van der Waals surface area contributed by atoms with Gasteiger partial charge in [0.15, 0.2) is 5.82 Å². The number of rotatable bonds is 2. The van der Waals surface area contributed by atoms with E-state index in [0.717, 1.165) is 36.1 Å². The smallest absolute Gasteiger partial charge is 0.225 e. The topological polar surface area (TPSA) is 46.1 Å². The van der Waals surface area contributed by atoms with Crippen LogP contribution in [-0.2, 0) is 11.2 Å². The SMILES string of the molecule is CC(C)C(=O)N1[C@H]2CC[C@@H]1c1cnc(-c3ccc(F)cc3)nc1C2. The molecule has 2 bridgehead atoms. The summed E-state index contributed by atoms with van der Waals surface area (Å²) in [6.45, 7) is 3.90. The number of amides is 1. The first-order valence-electron chi connectivity index (χ1n) is 8.48. The number of hydrogen-bond acceptors (Lipinski definition) is 3. The van der Waals surface area contributed by atoms with E-state index in [1.807, 2.05) is 24.9 Å². The minimum absolute atomic E-state index is 0.00839. The van der Waals surface area contributed by atoms with E-state index in [0.29, 0.717) is 5.82 Å². The monoisotopic (exact) mass is 325 g/mol. The maximum atomic E-state index is 13.1. The average Bonchev–Trinajstić information content (AvgIpc) is 2.89. The van der Waals surface area contributed by atoms with Gasteiger partial charge in [0.1, 0.15) is 5.82 Å². The van der Waals surface area contributed by atoms with Crippen LogP contribution >= 0.6 is 0 Å². The predicted molar refractivity (Wildman–Crippen MR) is 88.6 cm³/mol. The van der Waals surface area contributed by atoms with E-state index in [1.54, 1.807) is 12.1 Å². The van der Waals surface area contributed by atoms with Crippen LogP contribution in [0.2, 0.25) is 0 Å². The number of nitrogens with zero attached hydrogens (tertiary/aromatic N) is 3. The lowest BCUT2D eigenvalue weighted by molar-refractivity contribution is -0.138. The van der Waals surface area contributed by atoms with Crippen LogP contribution in [0.3, 0.4) is 0 Å². The standard InChI is InChI=1S/C19H20FN3O/c1-11(2)19(24)23-14-7-8-17(23)15-10-21-18(22-16(15)9-14)12-3-5-13(20)6-4-12/h3-6,10-11,14,17H,7-9H2,1-2H3/t14-,17+/m0/s1. The molecule has 0 N–H and O–H groups in total. The number of carbonyl (C=O) groups excluding carboxylic acids is 1. The minimum atomic E-state index is -0.266. The largest absolute Gasteiger partial charge is 0.332 e. The summed E-state index contributed by atoms with van der Waals surface area (Å²) < 4.78 is 13.1. The van der Waals surface area contributed by atoms with Crippen molar-refractivity contribution in [2.45, 2.75) is 45.2 Å². The molecule has 0 unspecified atom stereocenters. The van der Waals surface area contributed by atoms with E-state index in [1.165, 1.54) is 12.1 Å². The Balaban J connectivity index is 1.70. The van der Waals surface area contributed by atoms with Gasteiger partial charge in [-0.3, -0.25) is 4.79 Å². The predicted octanol–water partition coefficient (Wildman–Crippen LogP) is 3.53. The molecule has 124 valence electrons. The summed E-state index contributed by atoms with van der Waals surface area (Å²) in [4.78, 5) is 23.8. The summed E-state index contributed by atoms with van der Waals surface area (Å²) in [5, 5.41) is 0. The van der Waals surface area contributed by atoms with Crippen LogP contribution in [0.5, 0.6) is 0 Å². The van der Waals surface area contributed by atoms with Crippen LogP contribution in [0.4, 0.5) is 4.39 Å². The highest BCUT2D eigenvalue weighted by Gasteiger charge is 2.43. The summed E-state index contributed by atoms with van der Waals surface area (Å²) in [7, 11) is 0. The molecule has 4 rings (SSSR count). The third-order valence-corrected chi connectivity index (χ3v) is 5.04. The molecule has 2 aliphatic heterocycles. The molecule has 0 radical (unpaired) electrons. The molecule has 1 aromatic heterocycles. The third-order valence-electron chi connectivity index (χ3n) is 5.04. The van der Waals surface area contributed by atoms with Gasteiger partial charge in [-0.25, -0.2) is 14.4 Å². The number of carbonyl (C=O) groups is 1. The fourth-order valence-corrected chi connectivity index (χ4v) is 3.85. The molecule has 2 atom stereocenters. The molecular weight excluding hydrogens is 305 g/mol. The fourth-order valence-electron chi connectivity index (χ4n) is 3.85. The Labute approximate surface area is 140 Å². The van der Waals surface area contributed by atoms with Crippen LogP contribution < -0.4 is 0 Å². The Morgan fingerprint density at radius 1 is 1.25 bits per heavy atom. The third kappa shape index (κ3) is 2.39. The molecule has 0 spiro atoms. The van der Waals surface area contributed by atoms with Gasteiger partial charge < -0.3 is 4.90 Å². The summed E-state index contributed by atoms with van der Waals surface area (Å²) in [6.07, 6.45) is 4.63. The first-order valence-corrected chi connectivity index (χ1v) is 8.48. The van der Waals surface area contributed by atoms with Crippen molar-refractivity contribution in [3.05, 3.63) is 47.5 Å². The van der Waals surface area contributed by atoms with E-state index < -0.39 is 0 Å². The minimum Gasteiger partial charge on any atom is -0.332 e. The second kappa shape index (κ2) is 5.65. The van der Waals surface area contributed by atoms with E-state index in [4.69, 9.17) is 4.98 Å². The highest BCUT2D eigenvalue weighted by atomic mass is 19.1. The van der Waals surface area contributed by atoms with Crippen molar-refractivity contribution in [3.8, 4) is 11.4 Å². The van der Waals surface area contributed by atoms with Gasteiger partial charge in [-0.2, -0.15) is 0 Å². The molecule has 1 saturated heterocycles. The van der Waals surface area contributed by atoms with Crippen molar-refractivity contribution < 1.29 is 9.18 Å². The molecule has 24 heavy (non-hydrogen) atoms. The van der Waals surface area contributed by atoms with Crippen LogP contribution in [0.25, 0.3) is 11.4 Å². The van der Waals surface area contributed by atoms with Crippen molar-refractivity contribution in [2.75, 3.05) is 0 Å². The number of fused-ring (bicyclic) bond motifs is 4. The lowest BCUT2D eigenvalue weighted by Gasteiger charge is -2.36. The summed E-state index contributed by atoms with van der Waals surface area (Å²) >= 11 is 0. The number of hydrogen-bond donors (Lipinski definition) is 0. The maximum absolute atomic E-state index is 13.1. The lowest BCUT2D eigenvalue weighted by atomic mass is 9.97. The Morgan fingerprint density at radius 2 is 2.00 bits per heavy atom. The summed E-state index contributed by atoms with van der Waals surface area (Å²) in [6, 6.07) is 6.59. The van der Waals surface area contributed by atoms with Crippen LogP contribution in [0, 0.1) is 11.7 Å². The number of aromatic nitrogens is 2. The zero-order valence-corrected chi connectivity index (χ0v) is 13.9. The second-order valence-corrected chi connectivity index (χ2v) is 6.95. The Morgan fingerprint density at radius 3 is 2.71 bits per heavy atom. The Bertz CT molecular complexity index is 788. The molecule has 1 amide bonds. The number of benzene rings is 1. The second-order valence-electron chi connectivity index (χ2n) is 6.95. The van der Waals surface area contributed by atoms with Gasteiger partial charge in [-0.05, 0) is 37.1 Å². The van der Waals surface area contributed by atoms with Crippen molar-refractivity contribution in [1.29, 1.82) is 0 Å². The van der Waals surface area contributed by atoms with E-state index in [2.05, 4.69) is 4.98 Å². The molecule has 5 heteroatoms. The van der Waals surface area contributed by atoms with Gasteiger partial charge in [0, 0.05) is 35.7 Å². The zero-order valence-electron chi connectivity index (χ0n) is 13.9. The Kier molecular flexibility index (Phi) is 3.59. The molecule has 2 aromatic rings. The molecule has 0 saturated carbocycles. The maximum Gasteiger partial charge on any atom is 0.225 e. The van der Waals surface area contributed by atoms with Gasteiger partial charge in [0.25, 0.3) is 0 Å². The van der Waals surface area contributed by atoms with Crippen molar-refractivity contribution in [2.24, 2.45) is 5.92 Å². The lowest BCUT2D eigenvalue weighted by Crippen LogP contribution is -2.44. The van der Waals surface area contributed by atoms with Crippen molar-refractivity contribution in [1.82, 2.24) is 14.9 Å². The average molecular weight is 325 g/mol. The Hall–Kier alpha value is -2.30. The van der Waals surface area contributed by atoms with Crippen LogP contribution in [0.1, 0.15) is 44.0 Å². The normalized spacial score (nSPS) is 21.9. The van der Waals surface area contributed by atoms with Crippen molar-refractivity contribution in [3.63, 3.8) is 0 Å². The molecule has 1 aromatic carbocycles. The summed E-state index contributed by atoms with van der Waals surface area (Å²) in [5.41, 5.74) is 2.92. The van der Waals surface area contributed by atoms with Gasteiger partial charge in [-0.15, -0.1) is 0 Å². The van der Waals surface area contributed by atoms with Crippen molar-refractivity contribution >= 4 is 5.91 Å². The van der Waals surface area contributed by atoms with Crippen LogP contribution in [-0.4, -0.2) is 26.8 Å². The quantitative estimate of drug-likeness (QED) is 0.848. The van der Waals surface area contributed by atoms with Gasteiger partial charge in [-0.1, -0.05) is 13.8 Å². The number of halogens is 1. The highest BCUT2D eigenvalue weighted by Crippen LogP contribution is 2.43. The van der Waals surface area contributed by atoms with E-state index >= 15 is 0 Å². The van der Waals surface area contributed by atoms with Gasteiger partial charge in [0.05, 0.1) is 11.7 Å². The summed E-state index contributed by atoms with van der Waals surface area (Å²) in [5.74, 6) is 0.583. The first kappa shape index (κ1) is 15.2. The molecular formula is C19H20FN3O. The molecule has 3 heterocycles. The highest BCUT2D eigenvalue weighted by molar-refractivity contribution is 5.79. The molecule has 4 nitrogen and oxygen atoms in total. The van der Waals surface area contributed by atoms with E-state index in [-0.39, 0.29) is 29.7 Å². The first-order chi connectivity index (χ1) is 11.5. The zero-order chi connectivity index (χ0) is 16.8. The van der Waals surface area contributed by atoms with Gasteiger partial charge >= 0.3 is 0 Å². The van der Waals surface area contributed by atoms with Gasteiger partial charge in [0.2, 0.25) is 5.91 Å². The molecule has 0 aliphatic carbocycles.